The van der Waals surface area contributed by atoms with Crippen LogP contribution in [0.3, 0.4) is 0 Å². The highest BCUT2D eigenvalue weighted by Gasteiger charge is 2.15. The number of benzene rings is 2. The van der Waals surface area contributed by atoms with Gasteiger partial charge < -0.3 is 9.64 Å². The predicted molar refractivity (Wildman–Crippen MR) is 91.8 cm³/mol. The molecule has 0 bridgehead atoms. The van der Waals surface area contributed by atoms with E-state index in [0.29, 0.717) is 23.4 Å². The number of rotatable bonds is 6. The number of ether oxygens (including phenoxy) is 1. The SMILES string of the molecule is CCN(Cc1cc(Br)ccc1F)C(=O)COc1ccc(C#N)cc1. The third-order valence-corrected chi connectivity index (χ3v) is 3.94. The Hall–Kier alpha value is -2.39. The number of amides is 1. The van der Waals surface area contributed by atoms with Crippen molar-refractivity contribution in [3.8, 4) is 11.8 Å². The molecule has 0 aliphatic rings. The number of hydrogen-bond acceptors (Lipinski definition) is 3. The number of carbonyl (C=O) groups excluding carboxylic acids is 1. The Bertz CT molecular complexity index is 757. The highest BCUT2D eigenvalue weighted by Crippen LogP contribution is 2.18. The first-order valence-corrected chi connectivity index (χ1v) is 8.17. The van der Waals surface area contributed by atoms with Gasteiger partial charge in [0, 0.05) is 23.1 Å². The monoisotopic (exact) mass is 390 g/mol. The van der Waals surface area contributed by atoms with E-state index in [2.05, 4.69) is 15.9 Å². The summed E-state index contributed by atoms with van der Waals surface area (Å²) in [6.07, 6.45) is 0. The van der Waals surface area contributed by atoms with E-state index < -0.39 is 0 Å². The summed E-state index contributed by atoms with van der Waals surface area (Å²) in [6, 6.07) is 13.2. The third kappa shape index (κ3) is 4.80. The van der Waals surface area contributed by atoms with Crippen molar-refractivity contribution in [2.75, 3.05) is 13.2 Å². The highest BCUT2D eigenvalue weighted by molar-refractivity contribution is 9.10. The fourth-order valence-corrected chi connectivity index (χ4v) is 2.52. The Balaban J connectivity index is 1.98. The van der Waals surface area contributed by atoms with Crippen LogP contribution in [0.2, 0.25) is 0 Å². The number of nitriles is 1. The lowest BCUT2D eigenvalue weighted by Crippen LogP contribution is -2.34. The fourth-order valence-electron chi connectivity index (χ4n) is 2.11. The minimum absolute atomic E-state index is 0.143. The number of likely N-dealkylation sites (N-methyl/N-ethyl adjacent to an activating group) is 1. The molecule has 1 amide bonds. The second kappa shape index (κ2) is 8.46. The van der Waals surface area contributed by atoms with Gasteiger partial charge in [0.1, 0.15) is 11.6 Å². The minimum atomic E-state index is -0.350. The Morgan fingerprint density at radius 2 is 2.00 bits per heavy atom. The highest BCUT2D eigenvalue weighted by atomic mass is 79.9. The van der Waals surface area contributed by atoms with Gasteiger partial charge in [0.15, 0.2) is 6.61 Å². The van der Waals surface area contributed by atoms with Crippen LogP contribution in [0.5, 0.6) is 5.75 Å². The first-order chi connectivity index (χ1) is 11.5. The van der Waals surface area contributed by atoms with Gasteiger partial charge in [-0.3, -0.25) is 4.79 Å². The van der Waals surface area contributed by atoms with E-state index in [1.54, 1.807) is 36.4 Å². The van der Waals surface area contributed by atoms with Crippen molar-refractivity contribution in [2.45, 2.75) is 13.5 Å². The molecule has 2 aromatic rings. The lowest BCUT2D eigenvalue weighted by Gasteiger charge is -2.21. The lowest BCUT2D eigenvalue weighted by atomic mass is 10.2. The molecule has 0 atom stereocenters. The van der Waals surface area contributed by atoms with Crippen molar-refractivity contribution in [2.24, 2.45) is 0 Å². The quantitative estimate of drug-likeness (QED) is 0.751. The molecule has 0 radical (unpaired) electrons. The van der Waals surface area contributed by atoms with Gasteiger partial charge in [-0.25, -0.2) is 4.39 Å². The van der Waals surface area contributed by atoms with Crippen LogP contribution in [0.25, 0.3) is 0 Å². The predicted octanol–water partition coefficient (Wildman–Crippen LogP) is 3.89. The lowest BCUT2D eigenvalue weighted by molar-refractivity contribution is -0.133. The molecule has 124 valence electrons. The Morgan fingerprint density at radius 1 is 1.29 bits per heavy atom. The van der Waals surface area contributed by atoms with Crippen molar-refractivity contribution < 1.29 is 13.9 Å². The molecule has 0 aliphatic heterocycles. The summed E-state index contributed by atoms with van der Waals surface area (Å²) in [5.41, 5.74) is 0.965. The molecule has 0 unspecified atom stereocenters. The Labute approximate surface area is 148 Å². The summed E-state index contributed by atoms with van der Waals surface area (Å²) in [5.74, 6) is -0.0780. The number of nitrogens with zero attached hydrogens (tertiary/aromatic N) is 2. The zero-order chi connectivity index (χ0) is 17.5. The average Bonchev–Trinajstić information content (AvgIpc) is 2.60. The van der Waals surface area contributed by atoms with E-state index in [1.807, 2.05) is 13.0 Å². The molecule has 0 spiro atoms. The van der Waals surface area contributed by atoms with Gasteiger partial charge in [-0.15, -0.1) is 0 Å². The maximum atomic E-state index is 13.8. The van der Waals surface area contributed by atoms with Crippen LogP contribution in [0.15, 0.2) is 46.9 Å². The summed E-state index contributed by atoms with van der Waals surface area (Å²) in [5, 5.41) is 8.75. The van der Waals surface area contributed by atoms with Crippen LogP contribution < -0.4 is 4.74 Å². The zero-order valence-electron chi connectivity index (χ0n) is 13.1. The molecule has 6 heteroatoms. The summed E-state index contributed by atoms with van der Waals surface area (Å²) < 4.78 is 20.0. The minimum Gasteiger partial charge on any atom is -0.484 e. The number of halogens is 2. The normalized spacial score (nSPS) is 10.1. The molecular weight excluding hydrogens is 375 g/mol. The molecule has 2 aromatic carbocycles. The third-order valence-electron chi connectivity index (χ3n) is 3.45. The van der Waals surface area contributed by atoms with Crippen LogP contribution in [0.4, 0.5) is 4.39 Å². The zero-order valence-corrected chi connectivity index (χ0v) is 14.7. The van der Waals surface area contributed by atoms with Crippen molar-refractivity contribution in [1.82, 2.24) is 4.90 Å². The van der Waals surface area contributed by atoms with E-state index in [-0.39, 0.29) is 24.9 Å². The van der Waals surface area contributed by atoms with Crippen LogP contribution in [-0.2, 0) is 11.3 Å². The fraction of sp³-hybridized carbons (Fsp3) is 0.222. The largest absolute Gasteiger partial charge is 0.484 e. The maximum absolute atomic E-state index is 13.8. The Morgan fingerprint density at radius 3 is 2.62 bits per heavy atom. The van der Waals surface area contributed by atoms with Gasteiger partial charge in [0.25, 0.3) is 5.91 Å². The van der Waals surface area contributed by atoms with Gasteiger partial charge in [0.2, 0.25) is 0 Å². The van der Waals surface area contributed by atoms with Crippen LogP contribution in [-0.4, -0.2) is 24.0 Å². The number of carbonyl (C=O) groups is 1. The molecule has 2 rings (SSSR count). The first kappa shape index (κ1) is 18.0. The molecular formula is C18H16BrFN2O2. The van der Waals surface area contributed by atoms with Gasteiger partial charge in [0.05, 0.1) is 11.6 Å². The summed E-state index contributed by atoms with van der Waals surface area (Å²) >= 11 is 3.30. The smallest absolute Gasteiger partial charge is 0.260 e. The molecule has 0 N–H and O–H groups in total. The molecule has 4 nitrogen and oxygen atoms in total. The molecule has 0 aliphatic carbocycles. The van der Waals surface area contributed by atoms with E-state index in [9.17, 15) is 9.18 Å². The molecule has 24 heavy (non-hydrogen) atoms. The number of hydrogen-bond donors (Lipinski definition) is 0. The van der Waals surface area contributed by atoms with Crippen LogP contribution >= 0.6 is 15.9 Å². The molecule has 0 heterocycles. The molecule has 0 aromatic heterocycles. The van der Waals surface area contributed by atoms with Crippen molar-refractivity contribution in [1.29, 1.82) is 5.26 Å². The van der Waals surface area contributed by atoms with E-state index in [1.165, 1.54) is 11.0 Å². The van der Waals surface area contributed by atoms with Gasteiger partial charge in [-0.1, -0.05) is 15.9 Å². The van der Waals surface area contributed by atoms with Gasteiger partial charge >= 0.3 is 0 Å². The van der Waals surface area contributed by atoms with E-state index in [0.717, 1.165) is 4.47 Å². The van der Waals surface area contributed by atoms with E-state index in [4.69, 9.17) is 10.00 Å². The Kier molecular flexibility index (Phi) is 6.33. The van der Waals surface area contributed by atoms with Crippen LogP contribution in [0.1, 0.15) is 18.1 Å². The molecule has 0 saturated heterocycles. The second-order valence-electron chi connectivity index (χ2n) is 5.07. The van der Waals surface area contributed by atoms with Crippen molar-refractivity contribution >= 4 is 21.8 Å². The van der Waals surface area contributed by atoms with Gasteiger partial charge in [-0.05, 0) is 49.4 Å². The summed E-state index contributed by atoms with van der Waals surface area (Å²) in [6.45, 7) is 2.31. The second-order valence-corrected chi connectivity index (χ2v) is 5.98. The summed E-state index contributed by atoms with van der Waals surface area (Å²) in [4.78, 5) is 13.8. The topological polar surface area (TPSA) is 53.3 Å². The van der Waals surface area contributed by atoms with Gasteiger partial charge in [-0.2, -0.15) is 5.26 Å². The first-order valence-electron chi connectivity index (χ1n) is 7.38. The maximum Gasteiger partial charge on any atom is 0.260 e. The van der Waals surface area contributed by atoms with E-state index >= 15 is 0 Å². The average molecular weight is 391 g/mol. The molecule has 0 saturated carbocycles. The van der Waals surface area contributed by atoms with Crippen LogP contribution in [0, 0.1) is 17.1 Å². The molecule has 0 fully saturated rings. The standard InChI is InChI=1S/C18H16BrFN2O2/c1-2-22(11-14-9-15(19)5-8-17(14)20)18(23)12-24-16-6-3-13(10-21)4-7-16/h3-9H,2,11-12H2,1H3. The van der Waals surface area contributed by atoms with Crippen molar-refractivity contribution in [3.05, 3.63) is 63.9 Å². The van der Waals surface area contributed by atoms with Crippen molar-refractivity contribution in [3.63, 3.8) is 0 Å². The summed E-state index contributed by atoms with van der Waals surface area (Å²) in [7, 11) is 0.